The maximum absolute atomic E-state index is 12.3. The molecule has 0 aromatic carbocycles. The smallest absolute Gasteiger partial charge is 0.317 e. The van der Waals surface area contributed by atoms with Crippen molar-refractivity contribution in [1.82, 2.24) is 10.2 Å². The first kappa shape index (κ1) is 16.7. The molecule has 0 bridgehead atoms. The molecule has 5 heteroatoms. The number of hydrogen-bond acceptors (Lipinski definition) is 2. The molecule has 0 heterocycles. The van der Waals surface area contributed by atoms with E-state index in [2.05, 4.69) is 5.32 Å². The Morgan fingerprint density at radius 2 is 1.71 bits per heavy atom. The van der Waals surface area contributed by atoms with Gasteiger partial charge in [0, 0.05) is 0 Å². The lowest BCUT2D eigenvalue weighted by atomic mass is 10.2. The summed E-state index contributed by atoms with van der Waals surface area (Å²) in [4.78, 5) is 1.51. The van der Waals surface area contributed by atoms with Crippen LogP contribution in [-0.4, -0.2) is 43.8 Å². The Labute approximate surface area is 103 Å². The van der Waals surface area contributed by atoms with Gasteiger partial charge in [0.25, 0.3) is 0 Å². The highest BCUT2D eigenvalue weighted by Crippen LogP contribution is 2.17. The quantitative estimate of drug-likeness (QED) is 0.603. The summed E-state index contributed by atoms with van der Waals surface area (Å²) in [5.41, 5.74) is 0. The summed E-state index contributed by atoms with van der Waals surface area (Å²) >= 11 is 0. The largest absolute Gasteiger partial charge is 0.401 e. The summed E-state index contributed by atoms with van der Waals surface area (Å²) in [6, 6.07) is 0. The van der Waals surface area contributed by atoms with E-state index in [-0.39, 0.29) is 0 Å². The monoisotopic (exact) mass is 254 g/mol. The predicted octanol–water partition coefficient (Wildman–Crippen LogP) is 3.04. The van der Waals surface area contributed by atoms with Gasteiger partial charge in [-0.05, 0) is 45.4 Å². The summed E-state index contributed by atoms with van der Waals surface area (Å²) in [6.45, 7) is 6.20. The second-order valence-electron chi connectivity index (χ2n) is 4.31. The number of alkyl halides is 3. The van der Waals surface area contributed by atoms with Gasteiger partial charge in [-0.3, -0.25) is 4.90 Å². The number of halogens is 3. The molecule has 0 amide bonds. The van der Waals surface area contributed by atoms with Crippen LogP contribution in [0.5, 0.6) is 0 Å². The SMILES string of the molecule is CCCN(CCCCCNCC)CC(F)(F)F. The number of nitrogens with one attached hydrogen (secondary N) is 1. The Kier molecular flexibility index (Phi) is 9.55. The van der Waals surface area contributed by atoms with Crippen molar-refractivity contribution < 1.29 is 13.2 Å². The fourth-order valence-corrected chi connectivity index (χ4v) is 1.78. The number of hydrogen-bond donors (Lipinski definition) is 1. The maximum Gasteiger partial charge on any atom is 0.401 e. The van der Waals surface area contributed by atoms with Crippen molar-refractivity contribution >= 4 is 0 Å². The number of nitrogens with zero attached hydrogens (tertiary/aromatic N) is 1. The molecule has 2 nitrogen and oxygen atoms in total. The van der Waals surface area contributed by atoms with Crippen LogP contribution >= 0.6 is 0 Å². The average molecular weight is 254 g/mol. The van der Waals surface area contributed by atoms with Crippen LogP contribution in [0.1, 0.15) is 39.5 Å². The van der Waals surface area contributed by atoms with Crippen LogP contribution in [0.2, 0.25) is 0 Å². The van der Waals surface area contributed by atoms with E-state index in [1.54, 1.807) is 0 Å². The summed E-state index contributed by atoms with van der Waals surface area (Å²) < 4.78 is 36.8. The summed E-state index contributed by atoms with van der Waals surface area (Å²) in [5, 5.41) is 3.21. The van der Waals surface area contributed by atoms with Gasteiger partial charge in [0.05, 0.1) is 6.54 Å². The van der Waals surface area contributed by atoms with E-state index >= 15 is 0 Å². The van der Waals surface area contributed by atoms with Crippen LogP contribution < -0.4 is 5.32 Å². The fraction of sp³-hybridized carbons (Fsp3) is 1.00. The van der Waals surface area contributed by atoms with Gasteiger partial charge in [-0.25, -0.2) is 0 Å². The molecule has 0 rings (SSSR count). The van der Waals surface area contributed by atoms with Gasteiger partial charge in [-0.2, -0.15) is 13.2 Å². The number of rotatable bonds is 10. The van der Waals surface area contributed by atoms with Gasteiger partial charge >= 0.3 is 6.18 Å². The highest BCUT2D eigenvalue weighted by Gasteiger charge is 2.29. The van der Waals surface area contributed by atoms with Crippen molar-refractivity contribution in [3.8, 4) is 0 Å². The molecule has 0 aliphatic rings. The van der Waals surface area contributed by atoms with Crippen LogP contribution in [0.15, 0.2) is 0 Å². The fourth-order valence-electron chi connectivity index (χ4n) is 1.78. The lowest BCUT2D eigenvalue weighted by Gasteiger charge is -2.22. The second-order valence-corrected chi connectivity index (χ2v) is 4.31. The molecule has 0 fully saturated rings. The van der Waals surface area contributed by atoms with E-state index in [1.807, 2.05) is 13.8 Å². The topological polar surface area (TPSA) is 15.3 Å². The molecular formula is C12H25F3N2. The van der Waals surface area contributed by atoms with Crippen molar-refractivity contribution in [1.29, 1.82) is 0 Å². The third-order valence-corrected chi connectivity index (χ3v) is 2.52. The third kappa shape index (κ3) is 12.0. The van der Waals surface area contributed by atoms with E-state index in [4.69, 9.17) is 0 Å². The van der Waals surface area contributed by atoms with Crippen molar-refractivity contribution in [3.05, 3.63) is 0 Å². The molecule has 0 saturated heterocycles. The van der Waals surface area contributed by atoms with Gasteiger partial charge in [0.2, 0.25) is 0 Å². The minimum atomic E-state index is -4.07. The normalized spacial score (nSPS) is 12.4. The van der Waals surface area contributed by atoms with Gasteiger partial charge in [0.15, 0.2) is 0 Å². The summed E-state index contributed by atoms with van der Waals surface area (Å²) in [5.74, 6) is 0. The van der Waals surface area contributed by atoms with Crippen molar-refractivity contribution in [2.45, 2.75) is 45.7 Å². The van der Waals surface area contributed by atoms with Crippen LogP contribution in [0.3, 0.4) is 0 Å². The molecule has 0 saturated carbocycles. The molecule has 0 unspecified atom stereocenters. The Morgan fingerprint density at radius 3 is 2.24 bits per heavy atom. The first-order chi connectivity index (χ1) is 7.99. The minimum absolute atomic E-state index is 0.534. The molecule has 0 spiro atoms. The second kappa shape index (κ2) is 9.71. The molecule has 104 valence electrons. The molecular weight excluding hydrogens is 229 g/mol. The summed E-state index contributed by atoms with van der Waals surface area (Å²) in [7, 11) is 0. The molecule has 0 atom stereocenters. The molecule has 0 aromatic rings. The molecule has 0 radical (unpaired) electrons. The minimum Gasteiger partial charge on any atom is -0.317 e. The first-order valence-corrected chi connectivity index (χ1v) is 6.49. The Morgan fingerprint density at radius 1 is 1.00 bits per heavy atom. The molecule has 17 heavy (non-hydrogen) atoms. The van der Waals surface area contributed by atoms with E-state index in [0.29, 0.717) is 13.1 Å². The zero-order valence-corrected chi connectivity index (χ0v) is 10.9. The van der Waals surface area contributed by atoms with Crippen molar-refractivity contribution in [2.75, 3.05) is 32.7 Å². The van der Waals surface area contributed by atoms with Crippen molar-refractivity contribution in [3.63, 3.8) is 0 Å². The molecule has 0 aliphatic heterocycles. The highest BCUT2D eigenvalue weighted by molar-refractivity contribution is 4.63. The summed E-state index contributed by atoms with van der Waals surface area (Å²) in [6.07, 6.45) is -0.418. The van der Waals surface area contributed by atoms with Crippen LogP contribution in [0, 0.1) is 0 Å². The third-order valence-electron chi connectivity index (χ3n) is 2.52. The molecule has 1 N–H and O–H groups in total. The molecule has 0 aromatic heterocycles. The van der Waals surface area contributed by atoms with Crippen molar-refractivity contribution in [2.24, 2.45) is 0 Å². The van der Waals surface area contributed by atoms with Gasteiger partial charge in [0.1, 0.15) is 0 Å². The van der Waals surface area contributed by atoms with E-state index in [9.17, 15) is 13.2 Å². The van der Waals surface area contributed by atoms with Gasteiger partial charge < -0.3 is 5.32 Å². The van der Waals surface area contributed by atoms with E-state index < -0.39 is 12.7 Å². The van der Waals surface area contributed by atoms with E-state index in [1.165, 1.54) is 4.90 Å². The highest BCUT2D eigenvalue weighted by atomic mass is 19.4. The molecule has 0 aliphatic carbocycles. The van der Waals surface area contributed by atoms with Gasteiger partial charge in [-0.1, -0.05) is 20.3 Å². The van der Waals surface area contributed by atoms with Crippen LogP contribution in [-0.2, 0) is 0 Å². The Balaban J connectivity index is 3.63. The average Bonchev–Trinajstić information content (AvgIpc) is 2.21. The standard InChI is InChI=1S/C12H25F3N2/c1-3-9-17(11-12(13,14)15)10-7-5-6-8-16-4-2/h16H,3-11H2,1-2H3. The lowest BCUT2D eigenvalue weighted by molar-refractivity contribution is -0.146. The van der Waals surface area contributed by atoms with Gasteiger partial charge in [-0.15, -0.1) is 0 Å². The first-order valence-electron chi connectivity index (χ1n) is 6.49. The Bertz CT molecular complexity index is 172. The zero-order valence-electron chi connectivity index (χ0n) is 10.9. The van der Waals surface area contributed by atoms with E-state index in [0.717, 1.165) is 38.8 Å². The van der Waals surface area contributed by atoms with Crippen LogP contribution in [0.4, 0.5) is 13.2 Å². The predicted molar refractivity (Wildman–Crippen MR) is 65.2 cm³/mol. The Hall–Kier alpha value is -0.290. The number of unbranched alkanes of at least 4 members (excludes halogenated alkanes) is 2. The zero-order chi connectivity index (χ0) is 13.1. The van der Waals surface area contributed by atoms with Crippen LogP contribution in [0.25, 0.3) is 0 Å². The lowest BCUT2D eigenvalue weighted by Crippen LogP contribution is -2.35. The maximum atomic E-state index is 12.3.